The molecule has 6 heteroatoms. The van der Waals surface area contributed by atoms with Gasteiger partial charge in [0.15, 0.2) is 0 Å². The Bertz CT molecular complexity index is 272. The monoisotopic (exact) mass is 243 g/mol. The van der Waals surface area contributed by atoms with Gasteiger partial charge in [-0.1, -0.05) is 23.2 Å². The van der Waals surface area contributed by atoms with E-state index in [9.17, 15) is 0 Å². The molecular weight excluding hydrogens is 232 g/mol. The summed E-state index contributed by atoms with van der Waals surface area (Å²) in [6.45, 7) is 3.18. The maximum atomic E-state index is 5.88. The molecule has 0 aromatic carbocycles. The largest absolute Gasteiger partial charge is 0.330 e. The highest BCUT2D eigenvalue weighted by atomic mass is 35.5. The molecular formula is C7H12Cl3N3. The van der Waals surface area contributed by atoms with Gasteiger partial charge in [-0.05, 0) is 19.9 Å². The van der Waals surface area contributed by atoms with Gasteiger partial charge in [0.1, 0.15) is 10.2 Å². The van der Waals surface area contributed by atoms with Gasteiger partial charge in [-0.15, -0.1) is 12.4 Å². The molecule has 0 spiro atoms. The van der Waals surface area contributed by atoms with Gasteiger partial charge in [0.2, 0.25) is 0 Å². The highest BCUT2D eigenvalue weighted by molar-refractivity contribution is 6.41. The summed E-state index contributed by atoms with van der Waals surface area (Å²) < 4.78 is 1.67. The number of nitrogens with two attached hydrogens (primary N) is 1. The SMILES string of the molecule is Cc1nn(CCCN)c(Cl)c1Cl.Cl. The first-order valence-corrected chi connectivity index (χ1v) is 4.51. The van der Waals surface area contributed by atoms with Crippen molar-refractivity contribution in [2.75, 3.05) is 6.54 Å². The van der Waals surface area contributed by atoms with Crippen LogP contribution in [-0.2, 0) is 6.54 Å². The van der Waals surface area contributed by atoms with Crippen LogP contribution in [0.15, 0.2) is 0 Å². The summed E-state index contributed by atoms with van der Waals surface area (Å²) in [6.07, 6.45) is 0.858. The van der Waals surface area contributed by atoms with Crippen LogP contribution in [0, 0.1) is 6.92 Å². The second-order valence-electron chi connectivity index (χ2n) is 2.56. The lowest BCUT2D eigenvalue weighted by Crippen LogP contribution is -2.07. The molecule has 0 unspecified atom stereocenters. The van der Waals surface area contributed by atoms with Gasteiger partial charge in [-0.2, -0.15) is 5.10 Å². The fraction of sp³-hybridized carbons (Fsp3) is 0.571. The minimum Gasteiger partial charge on any atom is -0.330 e. The molecule has 2 N–H and O–H groups in total. The first kappa shape index (κ1) is 13.0. The molecule has 0 bridgehead atoms. The van der Waals surface area contributed by atoms with E-state index in [1.165, 1.54) is 0 Å². The maximum Gasteiger partial charge on any atom is 0.145 e. The molecule has 0 radical (unpaired) electrons. The van der Waals surface area contributed by atoms with Crippen LogP contribution in [0.5, 0.6) is 0 Å². The summed E-state index contributed by atoms with van der Waals surface area (Å²) in [4.78, 5) is 0. The minimum absolute atomic E-state index is 0. The van der Waals surface area contributed by atoms with Crippen molar-refractivity contribution in [3.05, 3.63) is 15.9 Å². The van der Waals surface area contributed by atoms with Crippen molar-refractivity contribution in [3.8, 4) is 0 Å². The highest BCUT2D eigenvalue weighted by Gasteiger charge is 2.09. The number of nitrogens with zero attached hydrogens (tertiary/aromatic N) is 2. The Balaban J connectivity index is 0.00000144. The predicted octanol–water partition coefficient (Wildman–Crippen LogP) is 2.27. The molecule has 1 heterocycles. The lowest BCUT2D eigenvalue weighted by molar-refractivity contribution is 0.582. The number of halogens is 3. The van der Waals surface area contributed by atoms with Crippen LogP contribution in [0.4, 0.5) is 0 Å². The molecule has 0 amide bonds. The lowest BCUT2D eigenvalue weighted by atomic mass is 10.4. The summed E-state index contributed by atoms with van der Waals surface area (Å²) in [7, 11) is 0. The standard InChI is InChI=1S/C7H11Cl2N3.ClH/c1-5-6(8)7(9)12(11-5)4-2-3-10;/h2-4,10H2,1H3;1H. The van der Waals surface area contributed by atoms with Crippen LogP contribution in [0.2, 0.25) is 10.2 Å². The second-order valence-corrected chi connectivity index (χ2v) is 3.29. The molecule has 0 fully saturated rings. The maximum absolute atomic E-state index is 5.88. The van der Waals surface area contributed by atoms with Gasteiger partial charge >= 0.3 is 0 Å². The van der Waals surface area contributed by atoms with Crippen LogP contribution in [0.3, 0.4) is 0 Å². The summed E-state index contributed by atoms with van der Waals surface area (Å²) >= 11 is 11.7. The van der Waals surface area contributed by atoms with Crippen molar-refractivity contribution in [1.29, 1.82) is 0 Å². The zero-order valence-corrected chi connectivity index (χ0v) is 9.59. The summed E-state index contributed by atoms with van der Waals surface area (Å²) in [6, 6.07) is 0. The molecule has 1 rings (SSSR count). The number of hydrogen-bond acceptors (Lipinski definition) is 2. The Kier molecular flexibility index (Phi) is 5.72. The van der Waals surface area contributed by atoms with Gasteiger partial charge in [0.05, 0.1) is 5.69 Å². The lowest BCUT2D eigenvalue weighted by Gasteiger charge is -1.99. The summed E-state index contributed by atoms with van der Waals surface area (Å²) in [5.74, 6) is 0. The third-order valence-corrected chi connectivity index (χ3v) is 2.50. The molecule has 1 aromatic rings. The molecule has 76 valence electrons. The van der Waals surface area contributed by atoms with Gasteiger partial charge in [-0.3, -0.25) is 4.68 Å². The van der Waals surface area contributed by atoms with E-state index in [4.69, 9.17) is 28.9 Å². The molecule has 1 aromatic heterocycles. The van der Waals surface area contributed by atoms with E-state index in [0.29, 0.717) is 16.7 Å². The van der Waals surface area contributed by atoms with Crippen molar-refractivity contribution in [2.24, 2.45) is 5.73 Å². The van der Waals surface area contributed by atoms with Crippen LogP contribution < -0.4 is 5.73 Å². The van der Waals surface area contributed by atoms with Crippen molar-refractivity contribution in [2.45, 2.75) is 19.9 Å². The van der Waals surface area contributed by atoms with E-state index >= 15 is 0 Å². The Morgan fingerprint density at radius 3 is 2.46 bits per heavy atom. The number of hydrogen-bond donors (Lipinski definition) is 1. The van der Waals surface area contributed by atoms with Crippen molar-refractivity contribution < 1.29 is 0 Å². The van der Waals surface area contributed by atoms with Gasteiger partial charge in [0.25, 0.3) is 0 Å². The summed E-state index contributed by atoms with van der Waals surface area (Å²) in [5, 5.41) is 5.18. The van der Waals surface area contributed by atoms with E-state index in [0.717, 1.165) is 18.7 Å². The van der Waals surface area contributed by atoms with E-state index < -0.39 is 0 Å². The third kappa shape index (κ3) is 3.02. The Morgan fingerprint density at radius 1 is 1.46 bits per heavy atom. The highest BCUT2D eigenvalue weighted by Crippen LogP contribution is 2.24. The summed E-state index contributed by atoms with van der Waals surface area (Å²) in [5.41, 5.74) is 6.12. The first-order chi connectivity index (χ1) is 5.66. The van der Waals surface area contributed by atoms with Crippen LogP contribution in [0.1, 0.15) is 12.1 Å². The molecule has 0 aliphatic rings. The average Bonchev–Trinajstić information content (AvgIpc) is 2.30. The number of rotatable bonds is 3. The predicted molar refractivity (Wildman–Crippen MR) is 57.9 cm³/mol. The van der Waals surface area contributed by atoms with E-state index in [2.05, 4.69) is 5.10 Å². The molecule has 0 saturated heterocycles. The third-order valence-electron chi connectivity index (χ3n) is 1.57. The molecule has 0 atom stereocenters. The van der Waals surface area contributed by atoms with E-state index in [-0.39, 0.29) is 12.4 Å². The Morgan fingerprint density at radius 2 is 2.08 bits per heavy atom. The van der Waals surface area contributed by atoms with Crippen LogP contribution in [0.25, 0.3) is 0 Å². The molecule has 13 heavy (non-hydrogen) atoms. The fourth-order valence-corrected chi connectivity index (χ4v) is 1.32. The van der Waals surface area contributed by atoms with Crippen molar-refractivity contribution in [3.63, 3.8) is 0 Å². The molecule has 0 saturated carbocycles. The Hall–Kier alpha value is 0.0400. The topological polar surface area (TPSA) is 43.8 Å². The molecule has 3 nitrogen and oxygen atoms in total. The van der Waals surface area contributed by atoms with Gasteiger partial charge < -0.3 is 5.73 Å². The number of aromatic nitrogens is 2. The zero-order valence-electron chi connectivity index (χ0n) is 7.26. The van der Waals surface area contributed by atoms with E-state index in [1.54, 1.807) is 4.68 Å². The van der Waals surface area contributed by atoms with Crippen LogP contribution >= 0.6 is 35.6 Å². The first-order valence-electron chi connectivity index (χ1n) is 3.75. The normalized spacial score (nSPS) is 9.85. The molecule has 0 aliphatic carbocycles. The zero-order chi connectivity index (χ0) is 9.14. The van der Waals surface area contributed by atoms with Gasteiger partial charge in [0, 0.05) is 6.54 Å². The second kappa shape index (κ2) is 5.70. The van der Waals surface area contributed by atoms with Crippen molar-refractivity contribution >= 4 is 35.6 Å². The van der Waals surface area contributed by atoms with Crippen LogP contribution in [-0.4, -0.2) is 16.3 Å². The number of aryl methyl sites for hydroxylation is 2. The fourth-order valence-electron chi connectivity index (χ4n) is 0.921. The average molecular weight is 245 g/mol. The van der Waals surface area contributed by atoms with Gasteiger partial charge in [-0.25, -0.2) is 0 Å². The Labute approximate surface area is 93.6 Å². The minimum atomic E-state index is 0. The van der Waals surface area contributed by atoms with E-state index in [1.807, 2.05) is 6.92 Å². The smallest absolute Gasteiger partial charge is 0.145 e. The van der Waals surface area contributed by atoms with Crippen molar-refractivity contribution in [1.82, 2.24) is 9.78 Å². The quantitative estimate of drug-likeness (QED) is 0.886. The molecule has 0 aliphatic heterocycles.